The fourth-order valence-corrected chi connectivity index (χ4v) is 1.06. The molecule has 0 saturated heterocycles. The summed E-state index contributed by atoms with van der Waals surface area (Å²) in [6.45, 7) is 5.64. The molecule has 0 unspecified atom stereocenters. The molecule has 0 aromatic heterocycles. The molecule has 1 N–H and O–H groups in total. The molecule has 0 spiro atoms. The van der Waals surface area contributed by atoms with Gasteiger partial charge in [-0.2, -0.15) is 0 Å². The van der Waals surface area contributed by atoms with Crippen molar-refractivity contribution in [2.24, 2.45) is 0 Å². The van der Waals surface area contributed by atoms with Crippen molar-refractivity contribution in [1.82, 2.24) is 0 Å². The van der Waals surface area contributed by atoms with Crippen molar-refractivity contribution in [3.63, 3.8) is 0 Å². The first-order chi connectivity index (χ1) is 5.95. The standard InChI is InChI=1S/C11H20O2/c1-10(7-5-9-12)6-4-8-11(2,3)13/h6,9,13H,4-5,7-8H2,1-3H3/b10-6+. The Morgan fingerprint density at radius 3 is 2.46 bits per heavy atom. The quantitative estimate of drug-likeness (QED) is 0.508. The summed E-state index contributed by atoms with van der Waals surface area (Å²) in [5.41, 5.74) is 0.651. The maximum Gasteiger partial charge on any atom is 0.120 e. The van der Waals surface area contributed by atoms with Gasteiger partial charge in [-0.1, -0.05) is 11.6 Å². The SMILES string of the molecule is C/C(=C\CCC(C)(C)O)CCC=O. The Morgan fingerprint density at radius 2 is 2.00 bits per heavy atom. The van der Waals surface area contributed by atoms with Gasteiger partial charge < -0.3 is 9.90 Å². The van der Waals surface area contributed by atoms with E-state index in [-0.39, 0.29) is 0 Å². The lowest BCUT2D eigenvalue weighted by Gasteiger charge is -2.15. The van der Waals surface area contributed by atoms with Gasteiger partial charge in [0.1, 0.15) is 6.29 Å². The molecule has 0 aliphatic rings. The van der Waals surface area contributed by atoms with Crippen molar-refractivity contribution in [1.29, 1.82) is 0 Å². The van der Waals surface area contributed by atoms with Gasteiger partial charge in [0, 0.05) is 6.42 Å². The van der Waals surface area contributed by atoms with Gasteiger partial charge in [0.25, 0.3) is 0 Å². The molecule has 0 radical (unpaired) electrons. The van der Waals surface area contributed by atoms with E-state index in [1.807, 2.05) is 20.8 Å². The highest BCUT2D eigenvalue weighted by molar-refractivity contribution is 5.49. The predicted octanol–water partition coefficient (Wildman–Crippen LogP) is 2.46. The van der Waals surface area contributed by atoms with Gasteiger partial charge in [0.15, 0.2) is 0 Å². The fraction of sp³-hybridized carbons (Fsp3) is 0.727. The molecule has 0 heterocycles. The number of hydrogen-bond acceptors (Lipinski definition) is 2. The summed E-state index contributed by atoms with van der Waals surface area (Å²) in [5, 5.41) is 9.42. The first-order valence-corrected chi connectivity index (χ1v) is 4.77. The number of allylic oxidation sites excluding steroid dienone is 2. The fourth-order valence-electron chi connectivity index (χ4n) is 1.06. The van der Waals surface area contributed by atoms with Gasteiger partial charge in [-0.25, -0.2) is 0 Å². The maximum atomic E-state index is 10.1. The van der Waals surface area contributed by atoms with Crippen LogP contribution in [0.1, 0.15) is 46.5 Å². The van der Waals surface area contributed by atoms with Crippen molar-refractivity contribution in [3.8, 4) is 0 Å². The highest BCUT2D eigenvalue weighted by atomic mass is 16.3. The van der Waals surface area contributed by atoms with Crippen LogP contribution in [0, 0.1) is 0 Å². The van der Waals surface area contributed by atoms with Crippen LogP contribution in [0.2, 0.25) is 0 Å². The van der Waals surface area contributed by atoms with Crippen molar-refractivity contribution in [2.75, 3.05) is 0 Å². The van der Waals surface area contributed by atoms with E-state index in [2.05, 4.69) is 6.08 Å². The molecule has 0 aromatic rings. The third-order valence-electron chi connectivity index (χ3n) is 1.91. The van der Waals surface area contributed by atoms with Crippen LogP contribution in [0.15, 0.2) is 11.6 Å². The van der Waals surface area contributed by atoms with Gasteiger partial charge in [0.05, 0.1) is 5.60 Å². The molecule has 0 fully saturated rings. The van der Waals surface area contributed by atoms with E-state index in [0.717, 1.165) is 25.5 Å². The highest BCUT2D eigenvalue weighted by Crippen LogP contribution is 2.12. The average molecular weight is 184 g/mol. The molecule has 13 heavy (non-hydrogen) atoms. The zero-order valence-electron chi connectivity index (χ0n) is 8.84. The Morgan fingerprint density at radius 1 is 1.38 bits per heavy atom. The van der Waals surface area contributed by atoms with Gasteiger partial charge in [-0.3, -0.25) is 0 Å². The number of hydrogen-bond donors (Lipinski definition) is 1. The molecule has 0 atom stereocenters. The number of aliphatic hydroxyl groups is 1. The Balaban J connectivity index is 3.64. The topological polar surface area (TPSA) is 37.3 Å². The summed E-state index contributed by atoms with van der Waals surface area (Å²) in [6.07, 6.45) is 6.13. The molecule has 0 saturated carbocycles. The minimum absolute atomic E-state index is 0.582. The second-order valence-electron chi connectivity index (χ2n) is 4.11. The second-order valence-corrected chi connectivity index (χ2v) is 4.11. The summed E-state index contributed by atoms with van der Waals surface area (Å²) >= 11 is 0. The van der Waals surface area contributed by atoms with E-state index in [9.17, 15) is 9.90 Å². The van der Waals surface area contributed by atoms with Crippen LogP contribution in [-0.4, -0.2) is 17.0 Å². The largest absolute Gasteiger partial charge is 0.390 e. The lowest BCUT2D eigenvalue weighted by Crippen LogP contribution is -2.17. The highest BCUT2D eigenvalue weighted by Gasteiger charge is 2.09. The van der Waals surface area contributed by atoms with Crippen molar-refractivity contribution < 1.29 is 9.90 Å². The lowest BCUT2D eigenvalue weighted by atomic mass is 10.0. The monoisotopic (exact) mass is 184 g/mol. The molecule has 2 heteroatoms. The van der Waals surface area contributed by atoms with Crippen molar-refractivity contribution in [2.45, 2.75) is 52.1 Å². The summed E-state index contributed by atoms with van der Waals surface area (Å²) in [5.74, 6) is 0. The second kappa shape index (κ2) is 5.92. The van der Waals surface area contributed by atoms with Gasteiger partial charge in [-0.05, 0) is 40.0 Å². The first-order valence-electron chi connectivity index (χ1n) is 4.77. The number of aldehydes is 1. The van der Waals surface area contributed by atoms with Gasteiger partial charge in [0.2, 0.25) is 0 Å². The zero-order valence-corrected chi connectivity index (χ0v) is 8.84. The van der Waals surface area contributed by atoms with Crippen LogP contribution in [-0.2, 0) is 4.79 Å². The summed E-state index contributed by atoms with van der Waals surface area (Å²) in [4.78, 5) is 10.1. The van der Waals surface area contributed by atoms with Crippen LogP contribution in [0.25, 0.3) is 0 Å². The van der Waals surface area contributed by atoms with Crippen LogP contribution < -0.4 is 0 Å². The minimum Gasteiger partial charge on any atom is -0.390 e. The van der Waals surface area contributed by atoms with E-state index >= 15 is 0 Å². The van der Waals surface area contributed by atoms with Crippen LogP contribution >= 0.6 is 0 Å². The van der Waals surface area contributed by atoms with Crippen LogP contribution in [0.4, 0.5) is 0 Å². The molecule has 0 rings (SSSR count). The van der Waals surface area contributed by atoms with Crippen LogP contribution in [0.5, 0.6) is 0 Å². The maximum absolute atomic E-state index is 10.1. The summed E-state index contributed by atoms with van der Waals surface area (Å²) < 4.78 is 0. The minimum atomic E-state index is -0.582. The molecule has 76 valence electrons. The molecule has 0 aliphatic carbocycles. The number of rotatable bonds is 6. The first kappa shape index (κ1) is 12.4. The van der Waals surface area contributed by atoms with Gasteiger partial charge >= 0.3 is 0 Å². The van der Waals surface area contributed by atoms with E-state index in [0.29, 0.717) is 6.42 Å². The van der Waals surface area contributed by atoms with Crippen molar-refractivity contribution in [3.05, 3.63) is 11.6 Å². The average Bonchev–Trinajstić information content (AvgIpc) is 1.98. The molecular formula is C11H20O2. The van der Waals surface area contributed by atoms with Crippen LogP contribution in [0.3, 0.4) is 0 Å². The van der Waals surface area contributed by atoms with E-state index < -0.39 is 5.60 Å². The molecule has 0 aromatic carbocycles. The molecule has 0 aliphatic heterocycles. The third-order valence-corrected chi connectivity index (χ3v) is 1.91. The third kappa shape index (κ3) is 9.28. The molecular weight excluding hydrogens is 164 g/mol. The Kier molecular flexibility index (Phi) is 5.63. The van der Waals surface area contributed by atoms with E-state index in [4.69, 9.17) is 0 Å². The molecule has 0 amide bonds. The van der Waals surface area contributed by atoms with E-state index in [1.165, 1.54) is 5.57 Å². The summed E-state index contributed by atoms with van der Waals surface area (Å²) in [6, 6.07) is 0. The molecule has 2 nitrogen and oxygen atoms in total. The van der Waals surface area contributed by atoms with E-state index in [1.54, 1.807) is 0 Å². The smallest absolute Gasteiger partial charge is 0.120 e. The Labute approximate surface area is 80.7 Å². The predicted molar refractivity (Wildman–Crippen MR) is 54.6 cm³/mol. The van der Waals surface area contributed by atoms with Crippen molar-refractivity contribution >= 4 is 6.29 Å². The lowest BCUT2D eigenvalue weighted by molar-refractivity contribution is -0.107. The molecule has 0 bridgehead atoms. The number of carbonyl (C=O) groups is 1. The van der Waals surface area contributed by atoms with Gasteiger partial charge in [-0.15, -0.1) is 0 Å². The number of carbonyl (C=O) groups excluding carboxylic acids is 1. The zero-order chi connectivity index (χ0) is 10.3. The Hall–Kier alpha value is -0.630. The summed E-state index contributed by atoms with van der Waals surface area (Å²) in [7, 11) is 0. The normalized spacial score (nSPS) is 13.1. The Bertz CT molecular complexity index is 175.